The van der Waals surface area contributed by atoms with E-state index in [0.29, 0.717) is 5.82 Å². The van der Waals surface area contributed by atoms with Crippen molar-refractivity contribution in [3.8, 4) is 0 Å². The van der Waals surface area contributed by atoms with Gasteiger partial charge in [0.1, 0.15) is 0 Å². The molecule has 0 aromatic carbocycles. The molecule has 2 fully saturated rings. The Morgan fingerprint density at radius 1 is 1.30 bits per heavy atom. The maximum atomic E-state index is 12.4. The van der Waals surface area contributed by atoms with E-state index in [1.807, 2.05) is 6.07 Å². The molecule has 110 valence electrons. The molecule has 0 aliphatic heterocycles. The van der Waals surface area contributed by atoms with Crippen LogP contribution in [0.2, 0.25) is 0 Å². The highest BCUT2D eigenvalue weighted by atomic mass is 16.1. The van der Waals surface area contributed by atoms with E-state index in [4.69, 9.17) is 0 Å². The molecular weight excluding hydrogens is 250 g/mol. The Morgan fingerprint density at radius 3 is 2.85 bits per heavy atom. The molecule has 3 rings (SSSR count). The summed E-state index contributed by atoms with van der Waals surface area (Å²) in [4.78, 5) is 12.4. The topological polar surface area (TPSA) is 57.8 Å². The van der Waals surface area contributed by atoms with E-state index in [-0.39, 0.29) is 11.8 Å². The summed E-state index contributed by atoms with van der Waals surface area (Å²) in [5, 5.41) is 10.1. The average Bonchev–Trinajstić information content (AvgIpc) is 2.94. The van der Waals surface area contributed by atoms with E-state index in [0.717, 1.165) is 36.8 Å². The molecule has 2 aliphatic rings. The summed E-state index contributed by atoms with van der Waals surface area (Å²) >= 11 is 0. The number of anilines is 1. The highest BCUT2D eigenvalue weighted by molar-refractivity contribution is 5.91. The summed E-state index contributed by atoms with van der Waals surface area (Å²) in [6, 6.07) is 1.93. The Morgan fingerprint density at radius 2 is 2.10 bits per heavy atom. The molecule has 3 atom stereocenters. The first-order valence-corrected chi connectivity index (χ1v) is 8.11. The van der Waals surface area contributed by atoms with Crippen LogP contribution in [0.3, 0.4) is 0 Å². The third-order valence-electron chi connectivity index (χ3n) is 5.17. The Hall–Kier alpha value is -1.32. The maximum absolute atomic E-state index is 12.4. The minimum Gasteiger partial charge on any atom is -0.309 e. The monoisotopic (exact) mass is 275 g/mol. The van der Waals surface area contributed by atoms with Crippen LogP contribution in [0.25, 0.3) is 0 Å². The zero-order valence-corrected chi connectivity index (χ0v) is 12.3. The molecule has 0 saturated heterocycles. The predicted octanol–water partition coefficient (Wildman–Crippen LogP) is 3.52. The van der Waals surface area contributed by atoms with Crippen LogP contribution in [-0.2, 0) is 11.2 Å². The van der Waals surface area contributed by atoms with Crippen molar-refractivity contribution in [2.45, 2.75) is 58.3 Å². The summed E-state index contributed by atoms with van der Waals surface area (Å²) in [5.41, 5.74) is 1.07. The molecule has 2 saturated carbocycles. The number of aromatic amines is 1. The van der Waals surface area contributed by atoms with Crippen molar-refractivity contribution in [3.63, 3.8) is 0 Å². The van der Waals surface area contributed by atoms with Crippen LogP contribution < -0.4 is 5.32 Å². The van der Waals surface area contributed by atoms with Crippen molar-refractivity contribution in [2.24, 2.45) is 17.8 Å². The van der Waals surface area contributed by atoms with E-state index in [9.17, 15) is 4.79 Å². The number of nitrogens with one attached hydrogen (secondary N) is 2. The number of carbonyl (C=O) groups is 1. The number of H-pyrrole nitrogens is 1. The van der Waals surface area contributed by atoms with Gasteiger partial charge >= 0.3 is 0 Å². The highest BCUT2D eigenvalue weighted by Gasteiger charge is 2.35. The van der Waals surface area contributed by atoms with Crippen LogP contribution in [0, 0.1) is 17.8 Å². The normalized spacial score (nSPS) is 29.8. The lowest BCUT2D eigenvalue weighted by atomic mass is 9.67. The molecule has 20 heavy (non-hydrogen) atoms. The van der Waals surface area contributed by atoms with Crippen molar-refractivity contribution >= 4 is 11.7 Å². The van der Waals surface area contributed by atoms with E-state index in [1.165, 1.54) is 32.1 Å². The predicted molar refractivity (Wildman–Crippen MR) is 79.4 cm³/mol. The summed E-state index contributed by atoms with van der Waals surface area (Å²) < 4.78 is 0. The SMILES string of the molecule is CCc1cc(NC(=O)C2CCC3CCCCC3C2)n[nH]1. The fourth-order valence-corrected chi connectivity index (χ4v) is 3.95. The van der Waals surface area contributed by atoms with Gasteiger partial charge in [-0.1, -0.05) is 32.6 Å². The Labute approximate surface area is 120 Å². The molecule has 1 aromatic heterocycles. The molecule has 3 unspecified atom stereocenters. The third-order valence-corrected chi connectivity index (χ3v) is 5.17. The van der Waals surface area contributed by atoms with Crippen molar-refractivity contribution in [2.75, 3.05) is 5.32 Å². The lowest BCUT2D eigenvalue weighted by Crippen LogP contribution is -2.33. The van der Waals surface area contributed by atoms with Gasteiger partial charge in [0, 0.05) is 17.7 Å². The Kier molecular flexibility index (Phi) is 4.08. The van der Waals surface area contributed by atoms with Crippen LogP contribution >= 0.6 is 0 Å². The quantitative estimate of drug-likeness (QED) is 0.886. The molecule has 4 heteroatoms. The van der Waals surface area contributed by atoms with Gasteiger partial charge < -0.3 is 5.32 Å². The first kappa shape index (κ1) is 13.7. The van der Waals surface area contributed by atoms with Gasteiger partial charge in [-0.3, -0.25) is 9.89 Å². The molecular formula is C16H25N3O. The van der Waals surface area contributed by atoms with Gasteiger partial charge in [-0.25, -0.2) is 0 Å². The van der Waals surface area contributed by atoms with Crippen LogP contribution in [0.1, 0.15) is 57.6 Å². The fourth-order valence-electron chi connectivity index (χ4n) is 3.95. The Bertz CT molecular complexity index is 468. The smallest absolute Gasteiger partial charge is 0.228 e. The lowest BCUT2D eigenvalue weighted by molar-refractivity contribution is -0.122. The second-order valence-corrected chi connectivity index (χ2v) is 6.44. The number of fused-ring (bicyclic) bond motifs is 1. The molecule has 0 spiro atoms. The van der Waals surface area contributed by atoms with Crippen molar-refractivity contribution < 1.29 is 4.79 Å². The molecule has 4 nitrogen and oxygen atoms in total. The molecule has 1 heterocycles. The summed E-state index contributed by atoms with van der Waals surface area (Å²) in [6.07, 6.45) is 9.76. The average molecular weight is 275 g/mol. The minimum atomic E-state index is 0.170. The van der Waals surface area contributed by atoms with E-state index in [2.05, 4.69) is 22.4 Å². The Balaban J connectivity index is 1.57. The van der Waals surface area contributed by atoms with Crippen LogP contribution in [0.15, 0.2) is 6.07 Å². The largest absolute Gasteiger partial charge is 0.309 e. The van der Waals surface area contributed by atoms with Gasteiger partial charge in [-0.2, -0.15) is 5.10 Å². The number of aromatic nitrogens is 2. The van der Waals surface area contributed by atoms with E-state index < -0.39 is 0 Å². The number of aryl methyl sites for hydroxylation is 1. The highest BCUT2D eigenvalue weighted by Crippen LogP contribution is 2.42. The first-order chi connectivity index (χ1) is 9.76. The van der Waals surface area contributed by atoms with Gasteiger partial charge in [0.05, 0.1) is 0 Å². The van der Waals surface area contributed by atoms with Crippen LogP contribution in [0.5, 0.6) is 0 Å². The second-order valence-electron chi connectivity index (χ2n) is 6.44. The summed E-state index contributed by atoms with van der Waals surface area (Å²) in [7, 11) is 0. The molecule has 1 aromatic rings. The lowest BCUT2D eigenvalue weighted by Gasteiger charge is -2.38. The van der Waals surface area contributed by atoms with Crippen LogP contribution in [-0.4, -0.2) is 16.1 Å². The standard InChI is InChI=1S/C16H25N3O/c1-2-14-10-15(19-18-14)17-16(20)13-8-7-11-5-3-4-6-12(11)9-13/h10-13H,2-9H2,1H3,(H2,17,18,19,20). The number of carbonyl (C=O) groups excluding carboxylic acids is 1. The first-order valence-electron chi connectivity index (χ1n) is 8.11. The molecule has 2 aliphatic carbocycles. The van der Waals surface area contributed by atoms with Gasteiger partial charge in [-0.05, 0) is 37.5 Å². The molecule has 0 radical (unpaired) electrons. The fraction of sp³-hybridized carbons (Fsp3) is 0.750. The van der Waals surface area contributed by atoms with Gasteiger partial charge in [0.2, 0.25) is 5.91 Å². The third kappa shape index (κ3) is 2.89. The maximum Gasteiger partial charge on any atom is 0.228 e. The number of rotatable bonds is 3. The summed E-state index contributed by atoms with van der Waals surface area (Å²) in [6.45, 7) is 2.07. The second kappa shape index (κ2) is 5.98. The zero-order chi connectivity index (χ0) is 13.9. The molecule has 1 amide bonds. The molecule has 2 N–H and O–H groups in total. The number of hydrogen-bond acceptors (Lipinski definition) is 2. The van der Waals surface area contributed by atoms with Crippen molar-refractivity contribution in [1.82, 2.24) is 10.2 Å². The number of amides is 1. The van der Waals surface area contributed by atoms with Crippen molar-refractivity contribution in [1.29, 1.82) is 0 Å². The van der Waals surface area contributed by atoms with Gasteiger partial charge in [0.25, 0.3) is 0 Å². The zero-order valence-electron chi connectivity index (χ0n) is 12.3. The summed E-state index contributed by atoms with van der Waals surface area (Å²) in [5.74, 6) is 2.72. The number of nitrogens with zero attached hydrogens (tertiary/aromatic N) is 1. The van der Waals surface area contributed by atoms with Crippen LogP contribution in [0.4, 0.5) is 5.82 Å². The van der Waals surface area contributed by atoms with Crippen molar-refractivity contribution in [3.05, 3.63) is 11.8 Å². The van der Waals surface area contributed by atoms with E-state index >= 15 is 0 Å². The van der Waals surface area contributed by atoms with Gasteiger partial charge in [-0.15, -0.1) is 0 Å². The van der Waals surface area contributed by atoms with E-state index in [1.54, 1.807) is 0 Å². The number of hydrogen-bond donors (Lipinski definition) is 2. The minimum absolute atomic E-state index is 0.170. The van der Waals surface area contributed by atoms with Gasteiger partial charge in [0.15, 0.2) is 5.82 Å². The molecule has 0 bridgehead atoms.